The van der Waals surface area contributed by atoms with Gasteiger partial charge in [-0.3, -0.25) is 9.59 Å². The number of Topliss-reactive ketones (excluding diaryl/α,β-unsaturated/α-hetero) is 1. The molecule has 7 heteroatoms. The van der Waals surface area contributed by atoms with Crippen molar-refractivity contribution in [2.24, 2.45) is 39.4 Å². The number of aliphatic hydroxyl groups is 3. The average molecular weight is 479 g/mol. The molecule has 1 aliphatic heterocycles. The average Bonchev–Trinajstić information content (AvgIpc) is 2.95. The van der Waals surface area contributed by atoms with Gasteiger partial charge in [0.1, 0.15) is 12.2 Å². The molecule has 192 valence electrons. The molecule has 0 aromatic rings. The molecule has 34 heavy (non-hydrogen) atoms. The summed E-state index contributed by atoms with van der Waals surface area (Å²) in [6, 6.07) is 0. The van der Waals surface area contributed by atoms with Crippen LogP contribution >= 0.6 is 0 Å². The fraction of sp³-hybridized carbons (Fsp3) is 0.926. The highest BCUT2D eigenvalue weighted by atomic mass is 16.6. The number of ether oxygens (including phenoxy) is 2. The lowest BCUT2D eigenvalue weighted by atomic mass is 9.34. The van der Waals surface area contributed by atoms with E-state index in [0.717, 1.165) is 25.7 Å². The third-order valence-electron chi connectivity index (χ3n) is 11.6. The summed E-state index contributed by atoms with van der Waals surface area (Å²) in [6.45, 7) is 12.6. The molecule has 0 spiro atoms. The van der Waals surface area contributed by atoms with Crippen LogP contribution in [0.2, 0.25) is 0 Å². The summed E-state index contributed by atoms with van der Waals surface area (Å²) >= 11 is 0. The van der Waals surface area contributed by atoms with Gasteiger partial charge in [0.25, 0.3) is 0 Å². The van der Waals surface area contributed by atoms with E-state index in [1.807, 2.05) is 0 Å². The molecule has 5 aliphatic rings. The van der Waals surface area contributed by atoms with Crippen LogP contribution in [-0.4, -0.2) is 57.3 Å². The Balaban J connectivity index is 1.64. The van der Waals surface area contributed by atoms with Gasteiger partial charge in [-0.1, -0.05) is 34.1 Å². The summed E-state index contributed by atoms with van der Waals surface area (Å²) in [6.07, 6.45) is 1.41. The van der Waals surface area contributed by atoms with Crippen molar-refractivity contribution in [3.8, 4) is 0 Å². The second-order valence-electron chi connectivity index (χ2n) is 13.5. The number of fused-ring (bicyclic) bond motifs is 6. The van der Waals surface area contributed by atoms with E-state index in [1.54, 1.807) is 6.92 Å². The van der Waals surface area contributed by atoms with Crippen molar-refractivity contribution < 1.29 is 34.4 Å². The van der Waals surface area contributed by atoms with Gasteiger partial charge in [-0.25, -0.2) is 0 Å². The smallest absolute Gasteiger partial charge is 0.302 e. The normalized spacial score (nSPS) is 56.0. The summed E-state index contributed by atoms with van der Waals surface area (Å²) in [5.74, 6) is -0.415. The van der Waals surface area contributed by atoms with Crippen molar-refractivity contribution in [2.45, 2.75) is 117 Å². The first-order valence-corrected chi connectivity index (χ1v) is 13.1. The van der Waals surface area contributed by atoms with Crippen LogP contribution in [0.5, 0.6) is 0 Å². The van der Waals surface area contributed by atoms with Gasteiger partial charge in [0.05, 0.1) is 11.5 Å². The zero-order chi connectivity index (χ0) is 25.1. The van der Waals surface area contributed by atoms with E-state index in [4.69, 9.17) is 9.47 Å². The lowest BCUT2D eigenvalue weighted by Gasteiger charge is -2.70. The van der Waals surface area contributed by atoms with E-state index in [9.17, 15) is 24.9 Å². The molecule has 1 saturated heterocycles. The number of hydrogen-bond donors (Lipinski definition) is 3. The number of aliphatic hydroxyl groups excluding tert-OH is 2. The molecular formula is C27H42O7. The highest BCUT2D eigenvalue weighted by molar-refractivity contribution is 5.96. The summed E-state index contributed by atoms with van der Waals surface area (Å²) < 4.78 is 11.5. The first kappa shape index (κ1) is 24.7. The monoisotopic (exact) mass is 478 g/mol. The third kappa shape index (κ3) is 2.84. The van der Waals surface area contributed by atoms with Crippen LogP contribution in [0, 0.1) is 39.4 Å². The second-order valence-corrected chi connectivity index (χ2v) is 13.5. The van der Waals surface area contributed by atoms with Gasteiger partial charge < -0.3 is 24.8 Å². The molecule has 4 saturated carbocycles. The summed E-state index contributed by atoms with van der Waals surface area (Å²) in [5, 5.41) is 32.2. The Bertz CT molecular complexity index is 901. The number of carbonyl (C=O) groups is 2. The molecule has 0 aromatic carbocycles. The molecule has 0 amide bonds. The number of hydrogen-bond acceptors (Lipinski definition) is 7. The maximum atomic E-state index is 14.1. The minimum absolute atomic E-state index is 0.0564. The van der Waals surface area contributed by atoms with Crippen LogP contribution in [0.1, 0.15) is 86.5 Å². The quantitative estimate of drug-likeness (QED) is 0.497. The molecule has 3 N–H and O–H groups in total. The van der Waals surface area contributed by atoms with Gasteiger partial charge >= 0.3 is 5.97 Å². The maximum Gasteiger partial charge on any atom is 0.302 e. The molecule has 11 atom stereocenters. The van der Waals surface area contributed by atoms with Gasteiger partial charge in [-0.15, -0.1) is 0 Å². The van der Waals surface area contributed by atoms with Gasteiger partial charge in [0.2, 0.25) is 0 Å². The fourth-order valence-electron chi connectivity index (χ4n) is 10.1. The Kier molecular flexibility index (Phi) is 5.27. The van der Waals surface area contributed by atoms with E-state index < -0.39 is 47.4 Å². The Morgan fingerprint density at radius 1 is 0.971 bits per heavy atom. The molecule has 0 aromatic heterocycles. The molecule has 4 aliphatic carbocycles. The van der Waals surface area contributed by atoms with Crippen molar-refractivity contribution in [3.63, 3.8) is 0 Å². The van der Waals surface area contributed by atoms with Gasteiger partial charge in [0, 0.05) is 6.92 Å². The Hall–Kier alpha value is -1.02. The molecule has 0 radical (unpaired) electrons. The van der Waals surface area contributed by atoms with Crippen molar-refractivity contribution in [1.82, 2.24) is 0 Å². The van der Waals surface area contributed by atoms with Crippen molar-refractivity contribution in [3.05, 3.63) is 0 Å². The van der Waals surface area contributed by atoms with Crippen molar-refractivity contribution in [1.29, 1.82) is 0 Å². The molecule has 0 bridgehead atoms. The Morgan fingerprint density at radius 3 is 2.26 bits per heavy atom. The minimum Gasteiger partial charge on any atom is -0.461 e. The van der Waals surface area contributed by atoms with Crippen LogP contribution in [0.4, 0.5) is 0 Å². The number of carbonyl (C=O) groups excluding carboxylic acids is 2. The van der Waals surface area contributed by atoms with E-state index in [1.165, 1.54) is 13.3 Å². The predicted molar refractivity (Wildman–Crippen MR) is 123 cm³/mol. The lowest BCUT2D eigenvalue weighted by Crippen LogP contribution is -2.74. The largest absolute Gasteiger partial charge is 0.461 e. The fourth-order valence-corrected chi connectivity index (χ4v) is 10.1. The highest BCUT2D eigenvalue weighted by Gasteiger charge is 2.76. The first-order valence-electron chi connectivity index (χ1n) is 13.1. The standard InChI is InChI=1S/C27H42O7/c1-14(28)33-18-12-16-24(4)10-7-9-23(2,3)15(24)8-11-25(16,5)17-13-19-27(32,20(29)21(30)34-19)22(31)26(17,18)6/h15-21,29-30,32H,7-13H2,1-6H3. The molecule has 5 rings (SSSR count). The summed E-state index contributed by atoms with van der Waals surface area (Å²) in [5.41, 5.74) is -3.31. The van der Waals surface area contributed by atoms with Crippen LogP contribution < -0.4 is 0 Å². The molecule has 7 nitrogen and oxygen atoms in total. The van der Waals surface area contributed by atoms with Gasteiger partial charge in [0.15, 0.2) is 17.7 Å². The van der Waals surface area contributed by atoms with E-state index in [2.05, 4.69) is 27.7 Å². The van der Waals surface area contributed by atoms with Crippen LogP contribution in [0.15, 0.2) is 0 Å². The van der Waals surface area contributed by atoms with Crippen LogP contribution in [0.3, 0.4) is 0 Å². The van der Waals surface area contributed by atoms with E-state index in [-0.39, 0.29) is 28.1 Å². The van der Waals surface area contributed by atoms with Gasteiger partial charge in [-0.05, 0) is 79.4 Å². The Labute approximate surface area is 202 Å². The van der Waals surface area contributed by atoms with Crippen LogP contribution in [0.25, 0.3) is 0 Å². The van der Waals surface area contributed by atoms with E-state index >= 15 is 0 Å². The summed E-state index contributed by atoms with van der Waals surface area (Å²) in [7, 11) is 0. The number of ketones is 1. The number of esters is 1. The topological polar surface area (TPSA) is 113 Å². The zero-order valence-electron chi connectivity index (χ0n) is 21.5. The molecule has 1 heterocycles. The molecular weight excluding hydrogens is 436 g/mol. The lowest BCUT2D eigenvalue weighted by molar-refractivity contribution is -0.253. The highest BCUT2D eigenvalue weighted by Crippen LogP contribution is 2.73. The number of rotatable bonds is 1. The van der Waals surface area contributed by atoms with Crippen molar-refractivity contribution in [2.75, 3.05) is 0 Å². The molecule has 5 fully saturated rings. The van der Waals surface area contributed by atoms with E-state index in [0.29, 0.717) is 18.8 Å². The minimum atomic E-state index is -2.21. The molecule has 11 unspecified atom stereocenters. The SMILES string of the molecule is CC(=O)OC1CC2C3(C)CCCC(C)(C)C3CCC2(C)C2CC3OC(O)C(O)C3(O)C(=O)C12C. The van der Waals surface area contributed by atoms with Crippen molar-refractivity contribution >= 4 is 11.8 Å². The third-order valence-corrected chi connectivity index (χ3v) is 11.6. The maximum absolute atomic E-state index is 14.1. The van der Waals surface area contributed by atoms with Gasteiger partial charge in [-0.2, -0.15) is 0 Å². The van der Waals surface area contributed by atoms with Crippen LogP contribution in [-0.2, 0) is 19.1 Å². The first-order chi connectivity index (χ1) is 15.6. The Morgan fingerprint density at radius 2 is 1.62 bits per heavy atom. The second kappa shape index (κ2) is 7.27. The zero-order valence-corrected chi connectivity index (χ0v) is 21.5. The summed E-state index contributed by atoms with van der Waals surface area (Å²) in [4.78, 5) is 26.4. The predicted octanol–water partition coefficient (Wildman–Crippen LogP) is 2.98.